The molecule has 1 rings (SSSR count). The van der Waals surface area contributed by atoms with Crippen molar-refractivity contribution in [2.75, 3.05) is 0 Å². The second-order valence-electron chi connectivity index (χ2n) is 5.10. The van der Waals surface area contributed by atoms with E-state index in [4.69, 9.17) is 9.47 Å². The van der Waals surface area contributed by atoms with Crippen molar-refractivity contribution < 1.29 is 23.9 Å². The Balaban J connectivity index is 2.91. The Morgan fingerprint density at radius 3 is 2.41 bits per heavy atom. The van der Waals surface area contributed by atoms with Crippen molar-refractivity contribution in [3.63, 3.8) is 0 Å². The number of hydrogen-bond donors (Lipinski definition) is 0. The minimum absolute atomic E-state index is 0.216. The van der Waals surface area contributed by atoms with E-state index in [9.17, 15) is 14.4 Å². The number of ether oxygens (including phenoxy) is 2. The lowest BCUT2D eigenvalue weighted by atomic mass is 10.1. The van der Waals surface area contributed by atoms with Crippen LogP contribution in [0.15, 0.2) is 24.3 Å². The van der Waals surface area contributed by atoms with Crippen molar-refractivity contribution in [1.82, 2.24) is 0 Å². The van der Waals surface area contributed by atoms with Crippen molar-refractivity contribution in [3.8, 4) is 5.75 Å². The Labute approximate surface area is 129 Å². The lowest BCUT2D eigenvalue weighted by Gasteiger charge is -2.16. The predicted molar refractivity (Wildman–Crippen MR) is 81.9 cm³/mol. The third kappa shape index (κ3) is 4.28. The molecule has 0 aromatic heterocycles. The second kappa shape index (κ2) is 7.54. The van der Waals surface area contributed by atoms with Crippen LogP contribution in [0, 0.1) is 13.8 Å². The van der Waals surface area contributed by atoms with Crippen LogP contribution in [0.4, 0.5) is 0 Å². The molecule has 0 aliphatic heterocycles. The smallest absolute Gasteiger partial charge is 0.352 e. The molecule has 0 amide bonds. The second-order valence-corrected chi connectivity index (χ2v) is 5.10. The van der Waals surface area contributed by atoms with E-state index in [1.165, 1.54) is 6.92 Å². The Kier molecular flexibility index (Phi) is 6.04. The normalized spacial score (nSPS) is 11.5. The van der Waals surface area contributed by atoms with Crippen molar-refractivity contribution in [2.24, 2.45) is 0 Å². The van der Waals surface area contributed by atoms with E-state index < -0.39 is 18.0 Å². The van der Waals surface area contributed by atoms with Gasteiger partial charge in [-0.15, -0.1) is 0 Å². The highest BCUT2D eigenvalue weighted by atomic mass is 16.6. The molecule has 0 fully saturated rings. The summed E-state index contributed by atoms with van der Waals surface area (Å²) in [4.78, 5) is 34.5. The number of aldehydes is 1. The molecule has 0 saturated carbocycles. The van der Waals surface area contributed by atoms with E-state index in [0.29, 0.717) is 28.9 Å². The zero-order valence-electron chi connectivity index (χ0n) is 13.3. The van der Waals surface area contributed by atoms with Gasteiger partial charge >= 0.3 is 11.9 Å². The van der Waals surface area contributed by atoms with Crippen molar-refractivity contribution in [1.29, 1.82) is 0 Å². The fraction of sp³-hybridized carbons (Fsp3) is 0.353. The fourth-order valence-corrected chi connectivity index (χ4v) is 1.75. The van der Waals surface area contributed by atoms with E-state index >= 15 is 0 Å². The van der Waals surface area contributed by atoms with Gasteiger partial charge in [0.25, 0.3) is 0 Å². The van der Waals surface area contributed by atoms with Crippen LogP contribution < -0.4 is 4.74 Å². The summed E-state index contributed by atoms with van der Waals surface area (Å²) in [5, 5.41) is 0. The molecule has 0 bridgehead atoms. The summed E-state index contributed by atoms with van der Waals surface area (Å²) >= 11 is 0. The van der Waals surface area contributed by atoms with Gasteiger partial charge in [0.05, 0.1) is 0 Å². The lowest BCUT2D eigenvalue weighted by molar-refractivity contribution is -0.159. The molecule has 1 aromatic carbocycles. The first-order valence-corrected chi connectivity index (χ1v) is 6.94. The van der Waals surface area contributed by atoms with Gasteiger partial charge in [-0.3, -0.25) is 4.79 Å². The van der Waals surface area contributed by atoms with Crippen molar-refractivity contribution >= 4 is 18.2 Å². The standard InChI is InChI=1S/C17H20O5/c1-6-14(21-16(19)10(2)3)17(20)22-15-8-11(4)13(9-18)7-12(15)5/h7-9,14H,2,6H2,1,3-5H3. The van der Waals surface area contributed by atoms with Crippen LogP contribution >= 0.6 is 0 Å². The molecular weight excluding hydrogens is 284 g/mol. The average Bonchev–Trinajstić information content (AvgIpc) is 2.47. The SMILES string of the molecule is C=C(C)C(=O)OC(CC)C(=O)Oc1cc(C)c(C=O)cc1C. The first-order valence-electron chi connectivity index (χ1n) is 6.94. The number of aryl methyl sites for hydroxylation is 2. The largest absolute Gasteiger partial charge is 0.447 e. The summed E-state index contributed by atoms with van der Waals surface area (Å²) < 4.78 is 10.3. The van der Waals surface area contributed by atoms with Gasteiger partial charge in [0.15, 0.2) is 6.10 Å². The molecule has 5 nitrogen and oxygen atoms in total. The molecule has 1 aromatic rings. The van der Waals surface area contributed by atoms with Crippen LogP contribution in [0.5, 0.6) is 5.75 Å². The number of benzene rings is 1. The van der Waals surface area contributed by atoms with E-state index in [0.717, 1.165) is 6.29 Å². The number of rotatable bonds is 6. The quantitative estimate of drug-likeness (QED) is 0.350. The van der Waals surface area contributed by atoms with Gasteiger partial charge in [-0.1, -0.05) is 13.5 Å². The van der Waals surface area contributed by atoms with Crippen LogP contribution in [-0.2, 0) is 14.3 Å². The van der Waals surface area contributed by atoms with Crippen molar-refractivity contribution in [3.05, 3.63) is 41.0 Å². The molecule has 0 spiro atoms. The van der Waals surface area contributed by atoms with Gasteiger partial charge in [-0.05, 0) is 50.5 Å². The van der Waals surface area contributed by atoms with Gasteiger partial charge in [0.1, 0.15) is 12.0 Å². The Hall–Kier alpha value is -2.43. The highest BCUT2D eigenvalue weighted by Crippen LogP contribution is 2.23. The maximum absolute atomic E-state index is 12.1. The first kappa shape index (κ1) is 17.6. The summed E-state index contributed by atoms with van der Waals surface area (Å²) in [6.45, 7) is 10.2. The van der Waals surface area contributed by atoms with Crippen LogP contribution in [0.2, 0.25) is 0 Å². The minimum Gasteiger partial charge on any atom is -0.447 e. The highest BCUT2D eigenvalue weighted by Gasteiger charge is 2.24. The molecule has 0 aliphatic carbocycles. The molecule has 0 N–H and O–H groups in total. The zero-order chi connectivity index (χ0) is 16.9. The van der Waals surface area contributed by atoms with Crippen LogP contribution in [0.1, 0.15) is 41.8 Å². The molecule has 0 aliphatic rings. The lowest BCUT2D eigenvalue weighted by Crippen LogP contribution is -2.31. The Morgan fingerprint density at radius 1 is 1.27 bits per heavy atom. The maximum atomic E-state index is 12.1. The molecule has 1 unspecified atom stereocenters. The topological polar surface area (TPSA) is 69.7 Å². The molecule has 0 radical (unpaired) electrons. The highest BCUT2D eigenvalue weighted by molar-refractivity contribution is 5.90. The summed E-state index contributed by atoms with van der Waals surface area (Å²) in [7, 11) is 0. The van der Waals surface area contributed by atoms with E-state index in [2.05, 4.69) is 6.58 Å². The molecule has 1 atom stereocenters. The molecular formula is C17H20O5. The van der Waals surface area contributed by atoms with Gasteiger partial charge < -0.3 is 9.47 Å². The zero-order valence-corrected chi connectivity index (χ0v) is 13.3. The summed E-state index contributed by atoms with van der Waals surface area (Å²) in [6, 6.07) is 3.26. The first-order chi connectivity index (χ1) is 10.3. The number of esters is 2. The summed E-state index contributed by atoms with van der Waals surface area (Å²) in [6.07, 6.45) is 0.0503. The van der Waals surface area contributed by atoms with Crippen LogP contribution in [0.3, 0.4) is 0 Å². The molecule has 22 heavy (non-hydrogen) atoms. The molecule has 0 heterocycles. The monoisotopic (exact) mass is 304 g/mol. The third-order valence-corrected chi connectivity index (χ3v) is 3.13. The summed E-state index contributed by atoms with van der Waals surface area (Å²) in [5.41, 5.74) is 2.11. The third-order valence-electron chi connectivity index (χ3n) is 3.13. The molecule has 5 heteroatoms. The Morgan fingerprint density at radius 2 is 1.91 bits per heavy atom. The number of hydrogen-bond acceptors (Lipinski definition) is 5. The van der Waals surface area contributed by atoms with E-state index in [-0.39, 0.29) is 5.57 Å². The minimum atomic E-state index is -0.991. The Bertz CT molecular complexity index is 616. The number of carbonyl (C=O) groups excluding carboxylic acids is 3. The maximum Gasteiger partial charge on any atom is 0.352 e. The van der Waals surface area contributed by atoms with Gasteiger partial charge in [-0.25, -0.2) is 9.59 Å². The van der Waals surface area contributed by atoms with Crippen molar-refractivity contribution in [2.45, 2.75) is 40.2 Å². The van der Waals surface area contributed by atoms with Crippen LogP contribution in [-0.4, -0.2) is 24.3 Å². The summed E-state index contributed by atoms with van der Waals surface area (Å²) in [5.74, 6) is -0.940. The number of carbonyl (C=O) groups is 3. The average molecular weight is 304 g/mol. The molecule has 0 saturated heterocycles. The van der Waals surface area contributed by atoms with E-state index in [1.807, 2.05) is 0 Å². The fourth-order valence-electron chi connectivity index (χ4n) is 1.75. The molecule has 118 valence electrons. The van der Waals surface area contributed by atoms with Gasteiger partial charge in [0.2, 0.25) is 0 Å². The predicted octanol–water partition coefficient (Wildman–Crippen LogP) is 2.92. The van der Waals surface area contributed by atoms with Crippen LogP contribution in [0.25, 0.3) is 0 Å². The van der Waals surface area contributed by atoms with Gasteiger partial charge in [0, 0.05) is 11.1 Å². The van der Waals surface area contributed by atoms with Gasteiger partial charge in [-0.2, -0.15) is 0 Å². The van der Waals surface area contributed by atoms with E-state index in [1.54, 1.807) is 32.9 Å².